The molecule has 0 fully saturated rings. The number of nitrogens with one attached hydrogen (secondary N) is 1. The molecule has 0 aliphatic carbocycles. The molecule has 2 heterocycles. The summed E-state index contributed by atoms with van der Waals surface area (Å²) in [6.07, 6.45) is 3.00. The van der Waals surface area contributed by atoms with Crippen molar-refractivity contribution >= 4 is 51.9 Å². The first-order chi connectivity index (χ1) is 16.5. The van der Waals surface area contributed by atoms with Crippen molar-refractivity contribution in [3.63, 3.8) is 0 Å². The fraction of sp³-hybridized carbons (Fsp3) is 0.0385. The van der Waals surface area contributed by atoms with Crippen molar-refractivity contribution in [3.05, 3.63) is 100 Å². The van der Waals surface area contributed by atoms with Crippen molar-refractivity contribution in [2.45, 2.75) is 6.92 Å². The van der Waals surface area contributed by atoms with Crippen LogP contribution in [-0.4, -0.2) is 20.9 Å². The van der Waals surface area contributed by atoms with Crippen LogP contribution in [-0.2, 0) is 4.79 Å². The van der Waals surface area contributed by atoms with Gasteiger partial charge in [-0.05, 0) is 67.1 Å². The minimum absolute atomic E-state index is 0.295. The van der Waals surface area contributed by atoms with E-state index in [2.05, 4.69) is 15.5 Å². The number of carbonyl (C=O) groups is 1. The fourth-order valence-electron chi connectivity index (χ4n) is 3.49. The van der Waals surface area contributed by atoms with Crippen molar-refractivity contribution in [2.75, 3.05) is 5.32 Å². The lowest BCUT2D eigenvalue weighted by molar-refractivity contribution is -0.111. The first kappa shape index (κ1) is 21.9. The second kappa shape index (κ2) is 9.17. The van der Waals surface area contributed by atoms with Gasteiger partial charge < -0.3 is 9.73 Å². The number of carbonyl (C=O) groups excluding carboxylic acids is 1. The summed E-state index contributed by atoms with van der Waals surface area (Å²) in [5.74, 6) is 0.783. The fourth-order valence-corrected chi connectivity index (χ4v) is 3.89. The van der Waals surface area contributed by atoms with Crippen LogP contribution in [0.3, 0.4) is 0 Å². The van der Waals surface area contributed by atoms with Crippen LogP contribution in [0.5, 0.6) is 0 Å². The van der Waals surface area contributed by atoms with Gasteiger partial charge in [0.25, 0.3) is 0 Å². The number of hydrogen-bond donors (Lipinski definition) is 1. The zero-order valence-electron chi connectivity index (χ0n) is 18.0. The van der Waals surface area contributed by atoms with E-state index in [1.54, 1.807) is 35.1 Å². The Morgan fingerprint density at radius 3 is 2.53 bits per heavy atom. The second-order valence-electron chi connectivity index (χ2n) is 7.61. The number of halogens is 2. The first-order valence-corrected chi connectivity index (χ1v) is 11.2. The summed E-state index contributed by atoms with van der Waals surface area (Å²) in [6, 6.07) is 22.2. The Kier molecular flexibility index (Phi) is 5.92. The molecule has 0 aliphatic rings. The molecule has 0 atom stereocenters. The Morgan fingerprint density at radius 2 is 1.74 bits per heavy atom. The van der Waals surface area contributed by atoms with Crippen molar-refractivity contribution in [3.8, 4) is 17.0 Å². The van der Waals surface area contributed by atoms with Crippen LogP contribution < -0.4 is 5.32 Å². The molecule has 3 aromatic carbocycles. The summed E-state index contributed by atoms with van der Waals surface area (Å²) in [5.41, 5.74) is 4.52. The van der Waals surface area contributed by atoms with Crippen LogP contribution in [0.2, 0.25) is 10.0 Å². The molecule has 8 heteroatoms. The molecule has 0 bridgehead atoms. The van der Waals surface area contributed by atoms with E-state index < -0.39 is 0 Å². The molecule has 1 amide bonds. The van der Waals surface area contributed by atoms with Gasteiger partial charge in [-0.3, -0.25) is 4.79 Å². The highest BCUT2D eigenvalue weighted by Gasteiger charge is 2.12. The highest BCUT2D eigenvalue weighted by Crippen LogP contribution is 2.34. The van der Waals surface area contributed by atoms with E-state index in [1.165, 1.54) is 6.08 Å². The predicted octanol–water partition coefficient (Wildman–Crippen LogP) is 6.95. The number of amides is 1. The zero-order valence-corrected chi connectivity index (χ0v) is 19.5. The molecule has 5 aromatic rings. The summed E-state index contributed by atoms with van der Waals surface area (Å²) < 4.78 is 5.80. The summed E-state index contributed by atoms with van der Waals surface area (Å²) >= 11 is 12.3. The number of para-hydroxylation sites is 1. The smallest absolute Gasteiger partial charge is 0.248 e. The molecule has 0 spiro atoms. The molecular weight excluding hydrogens is 471 g/mol. The topological polar surface area (TPSA) is 73.0 Å². The molecular formula is C26H18Cl2N4O2. The molecule has 0 saturated carbocycles. The minimum Gasteiger partial charge on any atom is -0.457 e. The minimum atomic E-state index is -0.295. The Morgan fingerprint density at radius 1 is 0.971 bits per heavy atom. The molecule has 0 unspecified atom stereocenters. The number of rotatable bonds is 5. The third kappa shape index (κ3) is 4.46. The van der Waals surface area contributed by atoms with Crippen LogP contribution in [0, 0.1) is 6.92 Å². The van der Waals surface area contributed by atoms with Gasteiger partial charge in [0.1, 0.15) is 22.6 Å². The standard InChI is InChI=1S/C26H18Cl2N4O2/c1-16-14-22-23(31-32(30-22)17-6-3-2-4-7-17)15-21(16)29-25(33)13-11-18-10-12-24(34-18)19-8-5-9-20(27)26(19)28/h2-15H,1H3,(H,29,33). The van der Waals surface area contributed by atoms with Crippen LogP contribution in [0.4, 0.5) is 5.69 Å². The predicted molar refractivity (Wildman–Crippen MR) is 135 cm³/mol. The summed E-state index contributed by atoms with van der Waals surface area (Å²) in [4.78, 5) is 14.1. The molecule has 0 radical (unpaired) electrons. The maximum atomic E-state index is 12.6. The van der Waals surface area contributed by atoms with Crippen molar-refractivity contribution in [1.82, 2.24) is 15.0 Å². The summed E-state index contributed by atoms with van der Waals surface area (Å²) in [6.45, 7) is 1.91. The first-order valence-electron chi connectivity index (χ1n) is 10.4. The van der Waals surface area contributed by atoms with E-state index in [4.69, 9.17) is 27.6 Å². The van der Waals surface area contributed by atoms with E-state index in [-0.39, 0.29) is 5.91 Å². The molecule has 5 rings (SSSR count). The number of nitrogens with zero attached hydrogens (tertiary/aromatic N) is 3. The molecule has 34 heavy (non-hydrogen) atoms. The number of benzene rings is 3. The number of fused-ring (bicyclic) bond motifs is 1. The van der Waals surface area contributed by atoms with Gasteiger partial charge in [0, 0.05) is 17.3 Å². The van der Waals surface area contributed by atoms with Gasteiger partial charge in [-0.2, -0.15) is 4.80 Å². The highest BCUT2D eigenvalue weighted by molar-refractivity contribution is 6.43. The lowest BCUT2D eigenvalue weighted by Crippen LogP contribution is -2.08. The average molecular weight is 489 g/mol. The Balaban J connectivity index is 1.32. The zero-order chi connectivity index (χ0) is 23.7. The monoisotopic (exact) mass is 488 g/mol. The van der Waals surface area contributed by atoms with Crippen molar-refractivity contribution < 1.29 is 9.21 Å². The van der Waals surface area contributed by atoms with E-state index >= 15 is 0 Å². The van der Waals surface area contributed by atoms with Crippen LogP contribution >= 0.6 is 23.2 Å². The molecule has 0 aliphatic heterocycles. The number of aromatic nitrogens is 3. The summed E-state index contributed by atoms with van der Waals surface area (Å²) in [7, 11) is 0. The van der Waals surface area contributed by atoms with E-state index in [9.17, 15) is 4.79 Å². The van der Waals surface area contributed by atoms with E-state index in [1.807, 2.05) is 55.5 Å². The van der Waals surface area contributed by atoms with Gasteiger partial charge in [-0.25, -0.2) is 0 Å². The van der Waals surface area contributed by atoms with Gasteiger partial charge in [-0.1, -0.05) is 47.5 Å². The van der Waals surface area contributed by atoms with Gasteiger partial charge in [-0.15, -0.1) is 10.2 Å². The Bertz CT molecular complexity index is 1540. The van der Waals surface area contributed by atoms with Crippen molar-refractivity contribution in [1.29, 1.82) is 0 Å². The Hall–Kier alpha value is -3.87. The van der Waals surface area contributed by atoms with Gasteiger partial charge in [0.15, 0.2) is 0 Å². The highest BCUT2D eigenvalue weighted by atomic mass is 35.5. The van der Waals surface area contributed by atoms with E-state index in [0.29, 0.717) is 38.3 Å². The Labute approximate surface area is 205 Å². The third-order valence-electron chi connectivity index (χ3n) is 5.21. The molecule has 1 N–H and O–H groups in total. The normalized spacial score (nSPS) is 11.4. The molecule has 168 valence electrons. The lowest BCUT2D eigenvalue weighted by atomic mass is 10.1. The molecule has 2 aromatic heterocycles. The largest absolute Gasteiger partial charge is 0.457 e. The molecule has 0 saturated heterocycles. The quantitative estimate of drug-likeness (QED) is 0.271. The van der Waals surface area contributed by atoms with Gasteiger partial charge >= 0.3 is 0 Å². The van der Waals surface area contributed by atoms with E-state index in [0.717, 1.165) is 16.8 Å². The maximum absolute atomic E-state index is 12.6. The van der Waals surface area contributed by atoms with Gasteiger partial charge in [0.05, 0.1) is 15.7 Å². The number of hydrogen-bond acceptors (Lipinski definition) is 4. The van der Waals surface area contributed by atoms with Crippen LogP contribution in [0.1, 0.15) is 11.3 Å². The van der Waals surface area contributed by atoms with Gasteiger partial charge in [0.2, 0.25) is 5.91 Å². The number of furan rings is 1. The lowest BCUT2D eigenvalue weighted by Gasteiger charge is -2.05. The maximum Gasteiger partial charge on any atom is 0.248 e. The van der Waals surface area contributed by atoms with Crippen molar-refractivity contribution in [2.24, 2.45) is 0 Å². The third-order valence-corrected chi connectivity index (χ3v) is 6.03. The van der Waals surface area contributed by atoms with Crippen LogP contribution in [0.15, 0.2) is 83.3 Å². The average Bonchev–Trinajstić information content (AvgIpc) is 3.47. The second-order valence-corrected chi connectivity index (χ2v) is 8.39. The summed E-state index contributed by atoms with van der Waals surface area (Å²) in [5, 5.41) is 12.8. The van der Waals surface area contributed by atoms with Crippen LogP contribution in [0.25, 0.3) is 34.1 Å². The SMILES string of the molecule is Cc1cc2nn(-c3ccccc3)nc2cc1NC(=O)C=Cc1ccc(-c2cccc(Cl)c2Cl)o1. The molecule has 6 nitrogen and oxygen atoms in total. The number of anilines is 1. The number of aryl methyl sites for hydroxylation is 1.